The van der Waals surface area contributed by atoms with E-state index >= 15 is 0 Å². The van der Waals surface area contributed by atoms with Crippen molar-refractivity contribution in [3.05, 3.63) is 35.4 Å². The minimum atomic E-state index is -4.25. The van der Waals surface area contributed by atoms with Crippen molar-refractivity contribution in [3.8, 4) is 0 Å². The number of nitrogens with one attached hydrogen (secondary N) is 1. The lowest BCUT2D eigenvalue weighted by Crippen LogP contribution is -2.43. The van der Waals surface area contributed by atoms with Crippen LogP contribution in [0.15, 0.2) is 24.3 Å². The zero-order valence-electron chi connectivity index (χ0n) is 12.4. The number of benzene rings is 1. The van der Waals surface area contributed by atoms with Crippen molar-refractivity contribution in [2.24, 2.45) is 0 Å². The van der Waals surface area contributed by atoms with Crippen LogP contribution < -0.4 is 5.32 Å². The number of hydrogen-bond donors (Lipinski definition) is 1. The van der Waals surface area contributed by atoms with E-state index in [1.165, 1.54) is 31.4 Å². The summed E-state index contributed by atoms with van der Waals surface area (Å²) in [4.78, 5) is 2.28. The van der Waals surface area contributed by atoms with Gasteiger partial charge in [-0.05, 0) is 43.6 Å². The van der Waals surface area contributed by atoms with Crippen molar-refractivity contribution in [3.63, 3.8) is 0 Å². The van der Waals surface area contributed by atoms with E-state index in [1.807, 2.05) is 0 Å². The molecule has 0 radical (unpaired) electrons. The van der Waals surface area contributed by atoms with Crippen molar-refractivity contribution in [2.75, 3.05) is 19.6 Å². The Morgan fingerprint density at radius 3 is 2.43 bits per heavy atom. The lowest BCUT2D eigenvalue weighted by Gasteiger charge is -2.30. The Labute approximate surface area is 124 Å². The molecule has 21 heavy (non-hydrogen) atoms. The highest BCUT2D eigenvalue weighted by Crippen LogP contribution is 2.29. The predicted octanol–water partition coefficient (Wildman–Crippen LogP) is 3.67. The van der Waals surface area contributed by atoms with Crippen LogP contribution in [0.3, 0.4) is 0 Å². The van der Waals surface area contributed by atoms with Gasteiger partial charge in [0.05, 0.1) is 5.56 Å². The highest BCUT2D eigenvalue weighted by Gasteiger charge is 2.30. The Hall–Kier alpha value is -1.07. The van der Waals surface area contributed by atoms with Crippen molar-refractivity contribution >= 4 is 0 Å². The monoisotopic (exact) mass is 300 g/mol. The van der Waals surface area contributed by atoms with Crippen molar-refractivity contribution < 1.29 is 13.2 Å². The Morgan fingerprint density at radius 2 is 1.90 bits per heavy atom. The number of rotatable bonds is 5. The molecular formula is C16H23F3N2. The summed E-state index contributed by atoms with van der Waals surface area (Å²) in [5.74, 6) is 0. The summed E-state index contributed by atoms with van der Waals surface area (Å²) in [6.45, 7) is 5.72. The van der Waals surface area contributed by atoms with Gasteiger partial charge in [0.15, 0.2) is 0 Å². The minimum absolute atomic E-state index is 0.508. The van der Waals surface area contributed by atoms with Crippen LogP contribution in [0, 0.1) is 0 Å². The van der Waals surface area contributed by atoms with E-state index in [9.17, 15) is 13.2 Å². The van der Waals surface area contributed by atoms with Gasteiger partial charge in [0.2, 0.25) is 0 Å². The lowest BCUT2D eigenvalue weighted by atomic mass is 10.0. The first-order valence-electron chi connectivity index (χ1n) is 7.61. The van der Waals surface area contributed by atoms with Crippen LogP contribution >= 0.6 is 0 Å². The third kappa shape index (κ3) is 5.00. The van der Waals surface area contributed by atoms with E-state index in [4.69, 9.17) is 0 Å². The van der Waals surface area contributed by atoms with Crippen LogP contribution in [0.4, 0.5) is 13.2 Å². The molecule has 0 bridgehead atoms. The third-order valence-electron chi connectivity index (χ3n) is 4.03. The number of likely N-dealkylation sites (N-methyl/N-ethyl adjacent to an activating group) is 1. The Kier molecular flexibility index (Phi) is 5.65. The second kappa shape index (κ2) is 7.27. The smallest absolute Gasteiger partial charge is 0.313 e. The van der Waals surface area contributed by atoms with Crippen molar-refractivity contribution in [1.29, 1.82) is 0 Å². The Morgan fingerprint density at radius 1 is 1.19 bits per heavy atom. The molecule has 1 atom stereocenters. The number of piperidine rings is 1. The number of nitrogens with zero attached hydrogens (tertiary/aromatic N) is 1. The van der Waals surface area contributed by atoms with Crippen LogP contribution in [0.5, 0.6) is 0 Å². The topological polar surface area (TPSA) is 15.3 Å². The largest absolute Gasteiger partial charge is 0.416 e. The van der Waals surface area contributed by atoms with Gasteiger partial charge in [0.1, 0.15) is 0 Å². The molecule has 1 N–H and O–H groups in total. The van der Waals surface area contributed by atoms with Gasteiger partial charge >= 0.3 is 6.18 Å². The highest BCUT2D eigenvalue weighted by molar-refractivity contribution is 5.24. The third-order valence-corrected chi connectivity index (χ3v) is 4.03. The summed E-state index contributed by atoms with van der Waals surface area (Å²) in [6, 6.07) is 6.01. The molecule has 1 heterocycles. The molecule has 1 aromatic rings. The van der Waals surface area contributed by atoms with Crippen molar-refractivity contribution in [2.45, 2.75) is 44.9 Å². The maximum atomic E-state index is 12.5. The molecule has 0 saturated carbocycles. The van der Waals surface area contributed by atoms with E-state index in [1.54, 1.807) is 12.1 Å². The molecule has 2 nitrogen and oxygen atoms in total. The summed E-state index contributed by atoms with van der Waals surface area (Å²) < 4.78 is 37.6. The van der Waals surface area contributed by atoms with Crippen LogP contribution in [0.2, 0.25) is 0 Å². The molecule has 0 amide bonds. The van der Waals surface area contributed by atoms with Crippen molar-refractivity contribution in [1.82, 2.24) is 10.2 Å². The molecule has 118 valence electrons. The molecule has 1 unspecified atom stereocenters. The van der Waals surface area contributed by atoms with Gasteiger partial charge in [-0.2, -0.15) is 13.2 Å². The van der Waals surface area contributed by atoms with Crippen LogP contribution in [0.25, 0.3) is 0 Å². The Bertz CT molecular complexity index is 422. The van der Waals surface area contributed by atoms with E-state index in [0.717, 1.165) is 25.2 Å². The molecule has 0 aromatic heterocycles. The molecular weight excluding hydrogens is 277 g/mol. The molecule has 1 aliphatic heterocycles. The van der Waals surface area contributed by atoms with Gasteiger partial charge < -0.3 is 5.32 Å². The van der Waals surface area contributed by atoms with Gasteiger partial charge in [0, 0.05) is 19.1 Å². The average molecular weight is 300 g/mol. The SMILES string of the molecule is CCN(Cc1ccc(C(F)(F)F)cc1)CC1CCCCN1. The first-order chi connectivity index (χ1) is 9.99. The van der Waals surface area contributed by atoms with Crippen LogP contribution in [-0.4, -0.2) is 30.6 Å². The summed E-state index contributed by atoms with van der Waals surface area (Å²) in [5.41, 5.74) is 0.351. The number of alkyl halides is 3. The average Bonchev–Trinajstić information content (AvgIpc) is 2.47. The highest BCUT2D eigenvalue weighted by atomic mass is 19.4. The van der Waals surface area contributed by atoms with Gasteiger partial charge in [-0.25, -0.2) is 0 Å². The van der Waals surface area contributed by atoms with E-state index in [0.29, 0.717) is 12.6 Å². The maximum absolute atomic E-state index is 12.5. The summed E-state index contributed by atoms with van der Waals surface area (Å²) in [5, 5.41) is 3.51. The predicted molar refractivity (Wildman–Crippen MR) is 78.0 cm³/mol. The zero-order chi connectivity index (χ0) is 15.3. The summed E-state index contributed by atoms with van der Waals surface area (Å²) in [7, 11) is 0. The first kappa shape index (κ1) is 16.3. The van der Waals surface area contributed by atoms with E-state index in [-0.39, 0.29) is 0 Å². The van der Waals surface area contributed by atoms with E-state index < -0.39 is 11.7 Å². The lowest BCUT2D eigenvalue weighted by molar-refractivity contribution is -0.137. The molecule has 5 heteroatoms. The van der Waals surface area contributed by atoms with Gasteiger partial charge in [-0.3, -0.25) is 4.90 Å². The molecule has 0 spiro atoms. The zero-order valence-corrected chi connectivity index (χ0v) is 12.4. The van der Waals surface area contributed by atoms with Crippen LogP contribution in [0.1, 0.15) is 37.3 Å². The normalized spacial score (nSPS) is 20.0. The van der Waals surface area contributed by atoms with Gasteiger partial charge in [-0.1, -0.05) is 25.5 Å². The number of halogens is 3. The summed E-state index contributed by atoms with van der Waals surface area (Å²) in [6.07, 6.45) is -0.574. The fourth-order valence-electron chi connectivity index (χ4n) is 2.75. The second-order valence-electron chi connectivity index (χ2n) is 5.67. The number of hydrogen-bond acceptors (Lipinski definition) is 2. The second-order valence-corrected chi connectivity index (χ2v) is 5.67. The summed E-state index contributed by atoms with van der Waals surface area (Å²) >= 11 is 0. The fourth-order valence-corrected chi connectivity index (χ4v) is 2.75. The maximum Gasteiger partial charge on any atom is 0.416 e. The minimum Gasteiger partial charge on any atom is -0.313 e. The standard InChI is InChI=1S/C16H23F3N2/c1-2-21(12-15-5-3-4-10-20-15)11-13-6-8-14(9-7-13)16(17,18)19/h6-9,15,20H,2-5,10-12H2,1H3. The van der Waals surface area contributed by atoms with Gasteiger partial charge in [-0.15, -0.1) is 0 Å². The van der Waals surface area contributed by atoms with E-state index in [2.05, 4.69) is 17.1 Å². The molecule has 1 saturated heterocycles. The molecule has 1 aliphatic rings. The first-order valence-corrected chi connectivity index (χ1v) is 7.61. The Balaban J connectivity index is 1.91. The fraction of sp³-hybridized carbons (Fsp3) is 0.625. The molecule has 0 aliphatic carbocycles. The molecule has 1 fully saturated rings. The van der Waals surface area contributed by atoms with Gasteiger partial charge in [0.25, 0.3) is 0 Å². The quantitative estimate of drug-likeness (QED) is 0.892. The molecule has 1 aromatic carbocycles. The molecule has 2 rings (SSSR count). The van der Waals surface area contributed by atoms with Crippen LogP contribution in [-0.2, 0) is 12.7 Å².